The van der Waals surface area contributed by atoms with Gasteiger partial charge >= 0.3 is 6.03 Å². The van der Waals surface area contributed by atoms with Crippen molar-refractivity contribution in [2.24, 2.45) is 7.05 Å². The highest BCUT2D eigenvalue weighted by molar-refractivity contribution is 5.88. The number of carbonyl (C=O) groups is 1. The molecule has 0 atom stereocenters. The number of carbonyl (C=O) groups excluding carboxylic acids is 1. The van der Waals surface area contributed by atoms with Crippen LogP contribution in [0.15, 0.2) is 18.3 Å². The van der Waals surface area contributed by atoms with Crippen LogP contribution in [0, 0.1) is 6.92 Å². The van der Waals surface area contributed by atoms with Crippen LogP contribution in [0.3, 0.4) is 0 Å². The number of amides is 2. The quantitative estimate of drug-likeness (QED) is 0.733. The number of anilines is 1. The van der Waals surface area contributed by atoms with Crippen LogP contribution in [0.5, 0.6) is 0 Å². The first kappa shape index (κ1) is 11.2. The van der Waals surface area contributed by atoms with Gasteiger partial charge in [-0.25, -0.2) is 4.79 Å². The molecular formula is C10H14N6O. The highest BCUT2D eigenvalue weighted by Gasteiger charge is 2.06. The zero-order valence-electron chi connectivity index (χ0n) is 9.69. The molecule has 0 unspecified atom stereocenters. The van der Waals surface area contributed by atoms with Crippen LogP contribution >= 0.6 is 0 Å². The Morgan fingerprint density at radius 3 is 3.00 bits per heavy atom. The number of nitrogens with one attached hydrogen (secondary N) is 3. The van der Waals surface area contributed by atoms with Crippen molar-refractivity contribution in [2.75, 3.05) is 5.32 Å². The highest BCUT2D eigenvalue weighted by atomic mass is 16.2. The van der Waals surface area contributed by atoms with Gasteiger partial charge in [0, 0.05) is 19.3 Å². The average Bonchev–Trinajstić information content (AvgIpc) is 2.87. The second-order valence-corrected chi connectivity index (χ2v) is 3.68. The van der Waals surface area contributed by atoms with E-state index < -0.39 is 0 Å². The number of rotatable bonds is 3. The van der Waals surface area contributed by atoms with Crippen LogP contribution in [-0.2, 0) is 13.6 Å². The van der Waals surface area contributed by atoms with E-state index in [4.69, 9.17) is 0 Å². The van der Waals surface area contributed by atoms with E-state index in [9.17, 15) is 4.79 Å². The summed E-state index contributed by atoms with van der Waals surface area (Å²) in [6, 6.07) is 3.33. The van der Waals surface area contributed by atoms with Gasteiger partial charge in [0.25, 0.3) is 0 Å². The van der Waals surface area contributed by atoms with Crippen LogP contribution in [0.25, 0.3) is 0 Å². The largest absolute Gasteiger partial charge is 0.332 e. The van der Waals surface area contributed by atoms with E-state index in [0.29, 0.717) is 12.4 Å². The van der Waals surface area contributed by atoms with E-state index >= 15 is 0 Å². The van der Waals surface area contributed by atoms with E-state index in [2.05, 4.69) is 25.9 Å². The van der Waals surface area contributed by atoms with E-state index in [1.807, 2.05) is 6.92 Å². The topological polar surface area (TPSA) is 87.6 Å². The Morgan fingerprint density at radius 1 is 1.59 bits per heavy atom. The predicted octanol–water partition coefficient (Wildman–Crippen LogP) is 0.773. The zero-order chi connectivity index (χ0) is 12.3. The maximum Gasteiger partial charge on any atom is 0.320 e. The monoisotopic (exact) mass is 234 g/mol. The molecule has 7 heteroatoms. The molecule has 0 aromatic carbocycles. The van der Waals surface area contributed by atoms with Crippen LogP contribution in [0.1, 0.15) is 11.4 Å². The second kappa shape index (κ2) is 4.69. The van der Waals surface area contributed by atoms with Crippen molar-refractivity contribution >= 4 is 11.8 Å². The number of urea groups is 1. The third kappa shape index (κ3) is 2.83. The summed E-state index contributed by atoms with van der Waals surface area (Å²) in [6.07, 6.45) is 1.64. The Hall–Kier alpha value is -2.31. The zero-order valence-corrected chi connectivity index (χ0v) is 9.69. The molecule has 0 aliphatic rings. The molecule has 0 aliphatic heterocycles. The molecule has 2 rings (SSSR count). The average molecular weight is 234 g/mol. The summed E-state index contributed by atoms with van der Waals surface area (Å²) in [4.78, 5) is 11.6. The molecule has 3 N–H and O–H groups in total. The molecule has 7 nitrogen and oxygen atoms in total. The van der Waals surface area contributed by atoms with Crippen molar-refractivity contribution in [3.8, 4) is 0 Å². The molecule has 2 heterocycles. The molecule has 2 amide bonds. The fourth-order valence-electron chi connectivity index (χ4n) is 1.45. The van der Waals surface area contributed by atoms with Crippen LogP contribution in [-0.4, -0.2) is 26.0 Å². The third-order valence-electron chi connectivity index (χ3n) is 2.24. The number of hydrogen-bond donors (Lipinski definition) is 3. The van der Waals surface area contributed by atoms with Crippen molar-refractivity contribution in [2.45, 2.75) is 13.5 Å². The molecule has 2 aromatic rings. The number of H-pyrrole nitrogens is 1. The number of aromatic nitrogens is 4. The second-order valence-electron chi connectivity index (χ2n) is 3.68. The van der Waals surface area contributed by atoms with Gasteiger partial charge in [-0.2, -0.15) is 10.2 Å². The maximum absolute atomic E-state index is 11.6. The van der Waals surface area contributed by atoms with Crippen LogP contribution in [0.2, 0.25) is 0 Å². The fraction of sp³-hybridized carbons (Fsp3) is 0.300. The summed E-state index contributed by atoms with van der Waals surface area (Å²) in [5.41, 5.74) is 1.71. The van der Waals surface area contributed by atoms with Crippen LogP contribution < -0.4 is 10.6 Å². The van der Waals surface area contributed by atoms with Gasteiger partial charge in [-0.15, -0.1) is 0 Å². The lowest BCUT2D eigenvalue weighted by Gasteiger charge is -2.06. The lowest BCUT2D eigenvalue weighted by atomic mass is 10.4. The smallest absolute Gasteiger partial charge is 0.320 e. The third-order valence-corrected chi connectivity index (χ3v) is 2.24. The van der Waals surface area contributed by atoms with E-state index in [-0.39, 0.29) is 6.03 Å². The Balaban J connectivity index is 1.87. The molecule has 0 fully saturated rings. The first-order valence-corrected chi connectivity index (χ1v) is 5.19. The Labute approximate surface area is 98.2 Å². The molecule has 0 saturated carbocycles. The minimum absolute atomic E-state index is 0.275. The summed E-state index contributed by atoms with van der Waals surface area (Å²) in [6.45, 7) is 2.27. The lowest BCUT2D eigenvalue weighted by molar-refractivity contribution is 0.251. The number of hydrogen-bond acceptors (Lipinski definition) is 3. The molecule has 0 aliphatic carbocycles. The van der Waals surface area contributed by atoms with Crippen LogP contribution in [0.4, 0.5) is 10.6 Å². The van der Waals surface area contributed by atoms with Gasteiger partial charge in [-0.1, -0.05) is 0 Å². The predicted molar refractivity (Wildman–Crippen MR) is 62.4 cm³/mol. The molecule has 2 aromatic heterocycles. The van der Waals surface area contributed by atoms with Crippen molar-refractivity contribution in [1.82, 2.24) is 25.3 Å². The van der Waals surface area contributed by atoms with Gasteiger partial charge < -0.3 is 5.32 Å². The summed E-state index contributed by atoms with van der Waals surface area (Å²) < 4.78 is 1.62. The summed E-state index contributed by atoms with van der Waals surface area (Å²) >= 11 is 0. The van der Waals surface area contributed by atoms with Gasteiger partial charge in [-0.3, -0.25) is 15.1 Å². The Kier molecular flexibility index (Phi) is 3.08. The summed E-state index contributed by atoms with van der Waals surface area (Å²) in [7, 11) is 1.78. The standard InChI is InChI=1S/C10H14N6O/c1-7-5-9(16(2)15-7)13-10(17)11-6-8-3-4-12-14-8/h3-5H,6H2,1-2H3,(H,12,14)(H2,11,13,17). The van der Waals surface area contributed by atoms with Crippen molar-refractivity contribution in [3.05, 3.63) is 29.7 Å². The molecular weight excluding hydrogens is 220 g/mol. The maximum atomic E-state index is 11.6. The van der Waals surface area contributed by atoms with E-state index in [0.717, 1.165) is 11.4 Å². The summed E-state index contributed by atoms with van der Waals surface area (Å²) in [5.74, 6) is 0.657. The minimum atomic E-state index is -0.275. The van der Waals surface area contributed by atoms with Crippen molar-refractivity contribution in [3.63, 3.8) is 0 Å². The minimum Gasteiger partial charge on any atom is -0.332 e. The van der Waals surface area contributed by atoms with Crippen molar-refractivity contribution < 1.29 is 4.79 Å². The van der Waals surface area contributed by atoms with E-state index in [1.54, 1.807) is 30.1 Å². The highest BCUT2D eigenvalue weighted by Crippen LogP contribution is 2.07. The number of aryl methyl sites for hydroxylation is 2. The molecule has 0 bridgehead atoms. The number of nitrogens with zero attached hydrogens (tertiary/aromatic N) is 3. The molecule has 90 valence electrons. The van der Waals surface area contributed by atoms with Gasteiger partial charge in [-0.05, 0) is 13.0 Å². The lowest BCUT2D eigenvalue weighted by Crippen LogP contribution is -2.29. The molecule has 0 saturated heterocycles. The van der Waals surface area contributed by atoms with Crippen molar-refractivity contribution in [1.29, 1.82) is 0 Å². The first-order chi connectivity index (χ1) is 8.15. The SMILES string of the molecule is Cc1cc(NC(=O)NCc2ccn[nH]2)n(C)n1. The normalized spacial score (nSPS) is 10.2. The molecule has 17 heavy (non-hydrogen) atoms. The van der Waals surface area contributed by atoms with E-state index in [1.165, 1.54) is 0 Å². The number of aromatic amines is 1. The van der Waals surface area contributed by atoms with Gasteiger partial charge in [0.1, 0.15) is 5.82 Å². The van der Waals surface area contributed by atoms with Gasteiger partial charge in [0.05, 0.1) is 17.9 Å². The fourth-order valence-corrected chi connectivity index (χ4v) is 1.45. The first-order valence-electron chi connectivity index (χ1n) is 5.19. The molecule has 0 radical (unpaired) electrons. The molecule has 0 spiro atoms. The Morgan fingerprint density at radius 2 is 2.41 bits per heavy atom. The Bertz CT molecular complexity index is 501. The van der Waals surface area contributed by atoms with Gasteiger partial charge in [0.2, 0.25) is 0 Å². The summed E-state index contributed by atoms with van der Waals surface area (Å²) in [5, 5.41) is 16.1. The van der Waals surface area contributed by atoms with Gasteiger partial charge in [0.15, 0.2) is 0 Å².